The number of primary amides is 1. The molecule has 0 heterocycles. The maximum atomic E-state index is 11.6. The van der Waals surface area contributed by atoms with E-state index in [2.05, 4.69) is 5.32 Å². The van der Waals surface area contributed by atoms with Crippen molar-refractivity contribution >= 4 is 24.2 Å². The van der Waals surface area contributed by atoms with Gasteiger partial charge in [-0.25, -0.2) is 0 Å². The van der Waals surface area contributed by atoms with Gasteiger partial charge < -0.3 is 16.8 Å². The number of hydrogen-bond acceptors (Lipinski definition) is 3. The molecule has 16 heavy (non-hydrogen) atoms. The Morgan fingerprint density at radius 1 is 1.44 bits per heavy atom. The number of nitrogens with one attached hydrogen (secondary N) is 1. The average molecular weight is 250 g/mol. The molecule has 2 amide bonds. The van der Waals surface area contributed by atoms with Crippen LogP contribution in [0.3, 0.4) is 0 Å². The van der Waals surface area contributed by atoms with E-state index >= 15 is 0 Å². The number of amides is 2. The van der Waals surface area contributed by atoms with Crippen molar-refractivity contribution in [2.24, 2.45) is 17.4 Å². The fourth-order valence-electron chi connectivity index (χ4n) is 1.77. The predicted molar refractivity (Wildman–Crippen MR) is 64.0 cm³/mol. The summed E-state index contributed by atoms with van der Waals surface area (Å²) < 4.78 is 0. The second-order valence-electron chi connectivity index (χ2n) is 4.40. The molecule has 6 heteroatoms. The summed E-state index contributed by atoms with van der Waals surface area (Å²) >= 11 is 0. The van der Waals surface area contributed by atoms with Crippen LogP contribution in [0.4, 0.5) is 0 Å². The minimum atomic E-state index is -0.383. The van der Waals surface area contributed by atoms with Gasteiger partial charge in [0.05, 0.1) is 0 Å². The summed E-state index contributed by atoms with van der Waals surface area (Å²) in [4.78, 5) is 22.5. The molecule has 0 bridgehead atoms. The van der Waals surface area contributed by atoms with Gasteiger partial charge in [0.15, 0.2) is 0 Å². The topological polar surface area (TPSA) is 98.2 Å². The van der Waals surface area contributed by atoms with Crippen LogP contribution >= 0.6 is 12.4 Å². The number of carbonyl (C=O) groups excluding carboxylic acids is 2. The minimum absolute atomic E-state index is 0. The first-order chi connectivity index (χ1) is 6.99. The fraction of sp³-hybridized carbons (Fsp3) is 0.800. The van der Waals surface area contributed by atoms with Crippen molar-refractivity contribution in [3.05, 3.63) is 0 Å². The predicted octanol–water partition coefficient (Wildman–Crippen LogP) is -0.0827. The Balaban J connectivity index is 0.00000225. The molecule has 0 aliphatic heterocycles. The van der Waals surface area contributed by atoms with E-state index in [1.54, 1.807) is 6.92 Å². The molecule has 94 valence electrons. The van der Waals surface area contributed by atoms with E-state index in [1.807, 2.05) is 0 Å². The first-order valence-electron chi connectivity index (χ1n) is 5.29. The molecular formula is C10H20ClN3O2. The van der Waals surface area contributed by atoms with Crippen molar-refractivity contribution < 1.29 is 9.59 Å². The summed E-state index contributed by atoms with van der Waals surface area (Å²) in [6.07, 6.45) is 2.93. The zero-order valence-corrected chi connectivity index (χ0v) is 10.3. The largest absolute Gasteiger partial charge is 0.370 e. The smallest absolute Gasteiger partial charge is 0.224 e. The van der Waals surface area contributed by atoms with Crippen LogP contribution in [0.2, 0.25) is 0 Å². The van der Waals surface area contributed by atoms with Crippen LogP contribution < -0.4 is 16.8 Å². The molecule has 1 unspecified atom stereocenters. The highest BCUT2D eigenvalue weighted by atomic mass is 35.5. The molecule has 1 aliphatic carbocycles. The van der Waals surface area contributed by atoms with Gasteiger partial charge in [-0.1, -0.05) is 6.92 Å². The van der Waals surface area contributed by atoms with Crippen molar-refractivity contribution in [2.75, 3.05) is 6.54 Å². The van der Waals surface area contributed by atoms with E-state index in [0.717, 1.165) is 19.3 Å². The lowest BCUT2D eigenvalue weighted by Gasteiger charge is -2.42. The van der Waals surface area contributed by atoms with Crippen LogP contribution in [-0.2, 0) is 9.59 Å². The van der Waals surface area contributed by atoms with Crippen molar-refractivity contribution in [3.63, 3.8) is 0 Å². The lowest BCUT2D eigenvalue weighted by atomic mass is 9.74. The van der Waals surface area contributed by atoms with Gasteiger partial charge in [-0.15, -0.1) is 12.4 Å². The van der Waals surface area contributed by atoms with E-state index in [0.29, 0.717) is 6.54 Å². The van der Waals surface area contributed by atoms with Crippen LogP contribution in [0.15, 0.2) is 0 Å². The molecule has 0 aromatic heterocycles. The van der Waals surface area contributed by atoms with Crippen LogP contribution in [0.5, 0.6) is 0 Å². The van der Waals surface area contributed by atoms with Crippen LogP contribution in [0, 0.1) is 5.92 Å². The number of halogens is 1. The van der Waals surface area contributed by atoms with Crippen LogP contribution in [-0.4, -0.2) is 23.9 Å². The Labute approximate surface area is 102 Å². The number of rotatable bonds is 5. The zero-order chi connectivity index (χ0) is 11.5. The van der Waals surface area contributed by atoms with Crippen molar-refractivity contribution in [2.45, 2.75) is 38.1 Å². The van der Waals surface area contributed by atoms with Gasteiger partial charge in [-0.2, -0.15) is 0 Å². The Kier molecular flexibility index (Phi) is 5.75. The van der Waals surface area contributed by atoms with Gasteiger partial charge in [0.25, 0.3) is 0 Å². The number of nitrogens with two attached hydrogens (primary N) is 2. The molecule has 0 radical (unpaired) electrons. The molecule has 0 spiro atoms. The van der Waals surface area contributed by atoms with Crippen molar-refractivity contribution in [1.29, 1.82) is 0 Å². The second-order valence-corrected chi connectivity index (χ2v) is 4.40. The molecule has 0 aromatic carbocycles. The molecule has 1 atom stereocenters. The quantitative estimate of drug-likeness (QED) is 0.635. The van der Waals surface area contributed by atoms with Gasteiger partial charge >= 0.3 is 0 Å². The third-order valence-electron chi connectivity index (χ3n) is 3.01. The maximum absolute atomic E-state index is 11.6. The van der Waals surface area contributed by atoms with Gasteiger partial charge in [0, 0.05) is 24.4 Å². The molecule has 0 aromatic rings. The SMILES string of the molecule is CC(CN)C(=O)NC1(CC(N)=O)CCC1.Cl. The van der Waals surface area contributed by atoms with Crippen LogP contribution in [0.25, 0.3) is 0 Å². The molecule has 5 N–H and O–H groups in total. The third-order valence-corrected chi connectivity index (χ3v) is 3.01. The lowest BCUT2D eigenvalue weighted by molar-refractivity contribution is -0.128. The molecule has 1 fully saturated rings. The summed E-state index contributed by atoms with van der Waals surface area (Å²) in [7, 11) is 0. The Morgan fingerprint density at radius 2 is 2.00 bits per heavy atom. The standard InChI is InChI=1S/C10H19N3O2.ClH/c1-7(6-11)9(15)13-10(3-2-4-10)5-8(12)14;/h7H,2-6,11H2,1H3,(H2,12,14)(H,13,15);1H. The Morgan fingerprint density at radius 3 is 2.31 bits per heavy atom. The minimum Gasteiger partial charge on any atom is -0.370 e. The average Bonchev–Trinajstić information content (AvgIpc) is 2.12. The summed E-state index contributed by atoms with van der Waals surface area (Å²) in [6.45, 7) is 2.09. The highest BCUT2D eigenvalue weighted by Gasteiger charge is 2.40. The van der Waals surface area contributed by atoms with E-state index in [4.69, 9.17) is 11.5 Å². The first kappa shape index (κ1) is 15.2. The summed E-state index contributed by atoms with van der Waals surface area (Å²) in [5, 5.41) is 2.89. The van der Waals surface area contributed by atoms with Crippen molar-refractivity contribution in [1.82, 2.24) is 5.32 Å². The second kappa shape index (κ2) is 6.06. The van der Waals surface area contributed by atoms with E-state index < -0.39 is 0 Å². The Hall–Kier alpha value is -0.810. The monoisotopic (exact) mass is 249 g/mol. The van der Waals surface area contributed by atoms with Gasteiger partial charge in [0.1, 0.15) is 0 Å². The third kappa shape index (κ3) is 3.64. The van der Waals surface area contributed by atoms with E-state index in [1.165, 1.54) is 0 Å². The van der Waals surface area contributed by atoms with Gasteiger partial charge in [-0.05, 0) is 19.3 Å². The lowest BCUT2D eigenvalue weighted by Crippen LogP contribution is -2.57. The first-order valence-corrected chi connectivity index (χ1v) is 5.29. The van der Waals surface area contributed by atoms with Gasteiger partial charge in [0.2, 0.25) is 11.8 Å². The normalized spacial score (nSPS) is 18.9. The molecule has 1 rings (SSSR count). The molecule has 0 saturated heterocycles. The van der Waals surface area contributed by atoms with Crippen LogP contribution in [0.1, 0.15) is 32.6 Å². The maximum Gasteiger partial charge on any atom is 0.224 e. The molecule has 5 nitrogen and oxygen atoms in total. The fourth-order valence-corrected chi connectivity index (χ4v) is 1.77. The zero-order valence-electron chi connectivity index (χ0n) is 9.49. The van der Waals surface area contributed by atoms with E-state index in [-0.39, 0.29) is 42.1 Å². The summed E-state index contributed by atoms with van der Waals surface area (Å²) in [6, 6.07) is 0. The van der Waals surface area contributed by atoms with Gasteiger partial charge in [-0.3, -0.25) is 9.59 Å². The molecule has 1 saturated carbocycles. The highest BCUT2D eigenvalue weighted by molar-refractivity contribution is 5.85. The Bertz CT molecular complexity index is 267. The summed E-state index contributed by atoms with van der Waals surface area (Å²) in [5.74, 6) is -0.663. The molecular weight excluding hydrogens is 230 g/mol. The highest BCUT2D eigenvalue weighted by Crippen LogP contribution is 2.34. The number of hydrogen-bond donors (Lipinski definition) is 3. The van der Waals surface area contributed by atoms with E-state index in [9.17, 15) is 9.59 Å². The number of carbonyl (C=O) groups is 2. The van der Waals surface area contributed by atoms with Crippen molar-refractivity contribution in [3.8, 4) is 0 Å². The summed E-state index contributed by atoms with van der Waals surface area (Å²) in [5.41, 5.74) is 10.2. The molecule has 1 aliphatic rings.